The molecule has 24 heavy (non-hydrogen) atoms. The maximum atomic E-state index is 12.5. The van der Waals surface area contributed by atoms with Gasteiger partial charge in [0.2, 0.25) is 11.2 Å². The normalized spacial score (nSPS) is 16.8. The van der Waals surface area contributed by atoms with Crippen LogP contribution in [-0.4, -0.2) is 20.1 Å². The Bertz CT molecular complexity index is 1010. The second kappa shape index (κ2) is 5.42. The number of fused-ring (bicyclic) bond motifs is 2. The Hall–Kier alpha value is -3.28. The van der Waals surface area contributed by atoms with E-state index in [0.717, 1.165) is 0 Å². The summed E-state index contributed by atoms with van der Waals surface area (Å²) in [5.41, 5.74) is -3.15. The molecule has 0 spiro atoms. The Labute approximate surface area is 135 Å². The molecule has 1 unspecified atom stereocenters. The van der Waals surface area contributed by atoms with Crippen molar-refractivity contribution in [2.45, 2.75) is 10.3 Å². The molecular formula is C12H5N3O8S. The molecule has 122 valence electrons. The second-order valence-corrected chi connectivity index (χ2v) is 5.68. The van der Waals surface area contributed by atoms with Gasteiger partial charge < -0.3 is 4.42 Å². The maximum absolute atomic E-state index is 12.5. The molecule has 11 nitrogen and oxygen atoms in total. The minimum atomic E-state index is -2.09. The van der Waals surface area contributed by atoms with Crippen molar-refractivity contribution in [1.29, 1.82) is 0 Å². The lowest BCUT2D eigenvalue weighted by atomic mass is 10.2. The summed E-state index contributed by atoms with van der Waals surface area (Å²) in [6, 6.07) is 5.79. The van der Waals surface area contributed by atoms with Gasteiger partial charge in [0.15, 0.2) is 0 Å². The zero-order valence-electron chi connectivity index (χ0n) is 11.4. The summed E-state index contributed by atoms with van der Waals surface area (Å²) in [7, 11) is 0. The van der Waals surface area contributed by atoms with Gasteiger partial charge in [-0.05, 0) is 23.9 Å². The molecule has 1 aliphatic rings. The molecule has 2 aromatic rings. The highest BCUT2D eigenvalue weighted by Gasteiger charge is 2.53. The minimum absolute atomic E-state index is 0.0107. The van der Waals surface area contributed by atoms with E-state index in [1.807, 2.05) is 0 Å². The third kappa shape index (κ3) is 2.20. The average Bonchev–Trinajstić information content (AvgIpc) is 2.53. The van der Waals surface area contributed by atoms with E-state index in [0.29, 0.717) is 0 Å². The Kier molecular flexibility index (Phi) is 3.52. The van der Waals surface area contributed by atoms with Gasteiger partial charge in [0.05, 0.1) is 15.2 Å². The van der Waals surface area contributed by atoms with Crippen LogP contribution in [0, 0.1) is 30.3 Å². The molecule has 0 N–H and O–H groups in total. The van der Waals surface area contributed by atoms with Crippen molar-refractivity contribution in [1.82, 2.24) is 0 Å². The van der Waals surface area contributed by atoms with Crippen molar-refractivity contribution in [3.05, 3.63) is 76.3 Å². The van der Waals surface area contributed by atoms with Crippen LogP contribution in [0.2, 0.25) is 0 Å². The Morgan fingerprint density at radius 3 is 2.29 bits per heavy atom. The van der Waals surface area contributed by atoms with Crippen LogP contribution in [0.25, 0.3) is 16.7 Å². The van der Waals surface area contributed by atoms with Crippen LogP contribution >= 0.6 is 11.8 Å². The van der Waals surface area contributed by atoms with E-state index in [9.17, 15) is 35.1 Å². The summed E-state index contributed by atoms with van der Waals surface area (Å²) in [6.45, 7) is 0. The number of hydrogen-bond acceptors (Lipinski definition) is 9. The van der Waals surface area contributed by atoms with Crippen molar-refractivity contribution in [2.24, 2.45) is 0 Å². The van der Waals surface area contributed by atoms with Crippen LogP contribution in [0.5, 0.6) is 0 Å². The SMILES string of the molecule is O=c1c2c(oc3ccccc13)C([N+](=O)[O-])=C([N+](=O)[O-])C([N+](=O)[O-])S2. The molecule has 0 saturated carbocycles. The lowest BCUT2D eigenvalue weighted by Gasteiger charge is -2.14. The van der Waals surface area contributed by atoms with Crippen LogP contribution in [0.4, 0.5) is 0 Å². The van der Waals surface area contributed by atoms with Gasteiger partial charge in [-0.1, -0.05) is 12.1 Å². The molecule has 3 rings (SSSR count). The Morgan fingerprint density at radius 2 is 1.71 bits per heavy atom. The summed E-state index contributed by atoms with van der Waals surface area (Å²) < 4.78 is 5.30. The van der Waals surface area contributed by atoms with Crippen LogP contribution < -0.4 is 5.43 Å². The van der Waals surface area contributed by atoms with Crippen LogP contribution in [-0.2, 0) is 0 Å². The smallest absolute Gasteiger partial charge is 0.411 e. The summed E-state index contributed by atoms with van der Waals surface area (Å²) in [4.78, 5) is 42.2. The van der Waals surface area contributed by atoms with Crippen molar-refractivity contribution < 1.29 is 19.2 Å². The summed E-state index contributed by atoms with van der Waals surface area (Å²) in [5.74, 6) is -0.640. The van der Waals surface area contributed by atoms with Gasteiger partial charge in [0, 0.05) is 4.92 Å². The number of nitro groups is 3. The predicted octanol–water partition coefficient (Wildman–Crippen LogP) is 1.72. The molecule has 1 aliphatic heterocycles. The number of para-hydroxylation sites is 1. The zero-order chi connectivity index (χ0) is 17.6. The van der Waals surface area contributed by atoms with Gasteiger partial charge in [0.25, 0.3) is 0 Å². The van der Waals surface area contributed by atoms with Crippen molar-refractivity contribution in [3.8, 4) is 0 Å². The van der Waals surface area contributed by atoms with Crippen LogP contribution in [0.1, 0.15) is 5.76 Å². The van der Waals surface area contributed by atoms with E-state index in [1.54, 1.807) is 0 Å². The lowest BCUT2D eigenvalue weighted by Crippen LogP contribution is -2.30. The monoisotopic (exact) mass is 351 g/mol. The highest BCUT2D eigenvalue weighted by Crippen LogP contribution is 2.42. The number of hydrogen-bond donors (Lipinski definition) is 0. The van der Waals surface area contributed by atoms with E-state index in [-0.39, 0.29) is 22.7 Å². The lowest BCUT2D eigenvalue weighted by molar-refractivity contribution is -0.537. The van der Waals surface area contributed by atoms with E-state index in [1.165, 1.54) is 24.3 Å². The van der Waals surface area contributed by atoms with E-state index < -0.39 is 47.6 Å². The summed E-state index contributed by atoms with van der Waals surface area (Å²) >= 11 is 0.255. The average molecular weight is 351 g/mol. The number of thioether (sulfide) groups is 1. The highest BCUT2D eigenvalue weighted by molar-refractivity contribution is 8.00. The van der Waals surface area contributed by atoms with Crippen LogP contribution in [0.3, 0.4) is 0 Å². The first kappa shape index (κ1) is 15.6. The molecule has 1 aromatic carbocycles. The molecular weight excluding hydrogens is 346 g/mol. The molecule has 0 amide bonds. The minimum Gasteiger partial charge on any atom is -0.448 e. The molecule has 2 heterocycles. The van der Waals surface area contributed by atoms with Gasteiger partial charge >= 0.3 is 16.8 Å². The molecule has 0 radical (unpaired) electrons. The van der Waals surface area contributed by atoms with E-state index in [2.05, 4.69) is 0 Å². The molecule has 0 saturated heterocycles. The Balaban J connectivity index is 2.47. The zero-order valence-corrected chi connectivity index (χ0v) is 12.2. The van der Waals surface area contributed by atoms with E-state index >= 15 is 0 Å². The third-order valence-electron chi connectivity index (χ3n) is 3.25. The van der Waals surface area contributed by atoms with Gasteiger partial charge in [0.1, 0.15) is 10.5 Å². The summed E-state index contributed by atoms with van der Waals surface area (Å²) in [6.07, 6.45) is 0. The first-order chi connectivity index (χ1) is 11.3. The summed E-state index contributed by atoms with van der Waals surface area (Å²) in [5, 5.41) is 31.5. The number of rotatable bonds is 3. The Morgan fingerprint density at radius 1 is 1.04 bits per heavy atom. The molecule has 0 fully saturated rings. The van der Waals surface area contributed by atoms with Gasteiger partial charge in [-0.2, -0.15) is 0 Å². The third-order valence-corrected chi connectivity index (χ3v) is 4.47. The number of benzene rings is 1. The first-order valence-electron chi connectivity index (χ1n) is 6.22. The van der Waals surface area contributed by atoms with Crippen molar-refractivity contribution in [3.63, 3.8) is 0 Å². The second-order valence-electron chi connectivity index (χ2n) is 4.59. The highest BCUT2D eigenvalue weighted by atomic mass is 32.2. The maximum Gasteiger partial charge on any atom is 0.411 e. The fraction of sp³-hybridized carbons (Fsp3) is 0.0833. The quantitative estimate of drug-likeness (QED) is 0.592. The standard InChI is InChI=1S/C12H5N3O8S/c16-9-5-3-1-2-4-6(5)23-10-7(13(17)18)8(14(19)20)12(15(21)22)24-11(9)10/h1-4,12H. The van der Waals surface area contributed by atoms with Crippen molar-refractivity contribution in [2.75, 3.05) is 0 Å². The van der Waals surface area contributed by atoms with Gasteiger partial charge in [-0.15, -0.1) is 0 Å². The predicted molar refractivity (Wildman–Crippen MR) is 80.0 cm³/mol. The molecule has 0 aliphatic carbocycles. The van der Waals surface area contributed by atoms with Crippen molar-refractivity contribution >= 4 is 28.4 Å². The topological polar surface area (TPSA) is 160 Å². The molecule has 12 heteroatoms. The van der Waals surface area contributed by atoms with E-state index in [4.69, 9.17) is 4.42 Å². The van der Waals surface area contributed by atoms with Crippen LogP contribution in [0.15, 0.2) is 44.1 Å². The fourth-order valence-electron chi connectivity index (χ4n) is 2.28. The number of nitrogens with zero attached hydrogens (tertiary/aromatic N) is 3. The molecule has 1 atom stereocenters. The van der Waals surface area contributed by atoms with Gasteiger partial charge in [-0.25, -0.2) is 0 Å². The first-order valence-corrected chi connectivity index (χ1v) is 7.10. The largest absolute Gasteiger partial charge is 0.448 e. The fourth-order valence-corrected chi connectivity index (χ4v) is 3.37. The molecule has 1 aromatic heterocycles. The van der Waals surface area contributed by atoms with Gasteiger partial charge in [-0.3, -0.25) is 35.1 Å². The molecule has 0 bridgehead atoms.